The number of rotatable bonds is 2. The van der Waals surface area contributed by atoms with E-state index >= 15 is 0 Å². The van der Waals surface area contributed by atoms with Crippen molar-refractivity contribution in [3.8, 4) is 0 Å². The Labute approximate surface area is 206 Å². The van der Waals surface area contributed by atoms with Crippen LogP contribution in [0, 0.1) is 0 Å². The molecule has 2 N–H and O–H groups in total. The Morgan fingerprint density at radius 3 is 2.52 bits per heavy atom. The third kappa shape index (κ3) is 4.07. The predicted octanol–water partition coefficient (Wildman–Crippen LogP) is 4.75. The minimum atomic E-state index is -1.12. The first-order valence-corrected chi connectivity index (χ1v) is 12.1. The van der Waals surface area contributed by atoms with E-state index in [0.29, 0.717) is 11.6 Å². The maximum Gasteiger partial charge on any atom is 0.514 e. The number of aryl methyl sites for hydroxylation is 2. The summed E-state index contributed by atoms with van der Waals surface area (Å²) in [5, 5.41) is 21.1. The Morgan fingerprint density at radius 2 is 1.88 bits per heavy atom. The van der Waals surface area contributed by atoms with Gasteiger partial charge >= 0.3 is 12.1 Å². The highest BCUT2D eigenvalue weighted by atomic mass is 79.9. The van der Waals surface area contributed by atoms with Crippen LogP contribution >= 0.6 is 27.5 Å². The molecule has 1 fully saturated rings. The molecule has 7 nitrogen and oxygen atoms in total. The standard InChI is InChI=1S/C24H27BrClN3O4/c1-24(2,3)29(23(32)33)9-8-28(13-19(29)22(30)31)21-18-7-6-17(26)11-14(18)4-5-15-10-16(25)12-27-20(15)21/h6-7,10-12,19,21H,4-5,8-9,13H2,1-3H3,(H-,30,31,32,33)/p+1/t19-,21+,29?/m1/s1. The number of pyridine rings is 1. The van der Waals surface area contributed by atoms with Crippen LogP contribution in [0.5, 0.6) is 0 Å². The molecule has 0 radical (unpaired) electrons. The van der Waals surface area contributed by atoms with E-state index in [0.717, 1.165) is 39.7 Å². The number of amides is 1. The maximum atomic E-state index is 12.5. The van der Waals surface area contributed by atoms with Crippen LogP contribution in [0.2, 0.25) is 5.02 Å². The fraction of sp³-hybridized carbons (Fsp3) is 0.458. The third-order valence-electron chi connectivity index (χ3n) is 7.16. The molecule has 2 aromatic rings. The molecule has 1 aromatic carbocycles. The second-order valence-corrected chi connectivity index (χ2v) is 11.2. The van der Waals surface area contributed by atoms with Gasteiger partial charge in [-0.1, -0.05) is 17.7 Å². The zero-order chi connectivity index (χ0) is 24.1. The molecule has 1 aliphatic carbocycles. The average molecular weight is 538 g/mol. The molecule has 1 saturated heterocycles. The Morgan fingerprint density at radius 1 is 1.18 bits per heavy atom. The van der Waals surface area contributed by atoms with Gasteiger partial charge in [0.2, 0.25) is 6.04 Å². The van der Waals surface area contributed by atoms with E-state index in [1.165, 1.54) is 0 Å². The van der Waals surface area contributed by atoms with E-state index in [-0.39, 0.29) is 19.1 Å². The largest absolute Gasteiger partial charge is 0.514 e. The molecule has 0 saturated carbocycles. The second-order valence-electron chi connectivity index (χ2n) is 9.84. The fourth-order valence-electron chi connectivity index (χ4n) is 5.50. The maximum absolute atomic E-state index is 12.5. The predicted molar refractivity (Wildman–Crippen MR) is 129 cm³/mol. The molecule has 0 spiro atoms. The number of nitrogens with zero attached hydrogens (tertiary/aromatic N) is 3. The first-order chi connectivity index (χ1) is 15.5. The van der Waals surface area contributed by atoms with Gasteiger partial charge in [0.25, 0.3) is 0 Å². The molecule has 2 aliphatic rings. The summed E-state index contributed by atoms with van der Waals surface area (Å²) < 4.78 is 0.375. The highest BCUT2D eigenvalue weighted by Crippen LogP contribution is 2.41. The van der Waals surface area contributed by atoms with Crippen LogP contribution < -0.4 is 0 Å². The van der Waals surface area contributed by atoms with Crippen LogP contribution in [0.15, 0.2) is 34.9 Å². The van der Waals surface area contributed by atoms with Crippen molar-refractivity contribution in [1.82, 2.24) is 9.88 Å². The van der Waals surface area contributed by atoms with Crippen molar-refractivity contribution in [2.45, 2.75) is 51.2 Å². The summed E-state index contributed by atoms with van der Waals surface area (Å²) in [4.78, 5) is 31.8. The lowest BCUT2D eigenvalue weighted by Gasteiger charge is -2.52. The molecule has 176 valence electrons. The number of carboxylic acid groups (broad SMARTS) is 2. The summed E-state index contributed by atoms with van der Waals surface area (Å²) in [6.45, 7) is 6.10. The van der Waals surface area contributed by atoms with Crippen LogP contribution in [-0.2, 0) is 17.6 Å². The van der Waals surface area contributed by atoms with Crippen molar-refractivity contribution in [3.05, 3.63) is 62.3 Å². The van der Waals surface area contributed by atoms with Gasteiger partial charge in [-0.15, -0.1) is 0 Å². The van der Waals surface area contributed by atoms with E-state index in [1.807, 2.05) is 18.2 Å². The Hall–Kier alpha value is -2.00. The van der Waals surface area contributed by atoms with E-state index < -0.39 is 28.1 Å². The molecule has 2 heterocycles. The van der Waals surface area contributed by atoms with Crippen LogP contribution in [0.1, 0.15) is 49.2 Å². The highest BCUT2D eigenvalue weighted by molar-refractivity contribution is 9.10. The van der Waals surface area contributed by atoms with Gasteiger partial charge in [-0.3, -0.25) is 9.88 Å². The second kappa shape index (κ2) is 8.65. The molecule has 9 heteroatoms. The van der Waals surface area contributed by atoms with Gasteiger partial charge in [-0.2, -0.15) is 4.79 Å². The molecule has 1 aromatic heterocycles. The van der Waals surface area contributed by atoms with Crippen LogP contribution in [-0.4, -0.2) is 67.9 Å². The zero-order valence-corrected chi connectivity index (χ0v) is 21.2. The molecule has 0 bridgehead atoms. The summed E-state index contributed by atoms with van der Waals surface area (Å²) in [6.07, 6.45) is 2.24. The van der Waals surface area contributed by atoms with Crippen molar-refractivity contribution in [1.29, 1.82) is 0 Å². The monoisotopic (exact) mass is 536 g/mol. The molecular formula is C24H28BrClN3O4+. The smallest absolute Gasteiger partial charge is 0.477 e. The Balaban J connectivity index is 1.84. The van der Waals surface area contributed by atoms with Gasteiger partial charge in [0.15, 0.2) is 0 Å². The number of carboxylic acids is 1. The van der Waals surface area contributed by atoms with Gasteiger partial charge in [0, 0.05) is 22.2 Å². The van der Waals surface area contributed by atoms with Crippen molar-refractivity contribution < 1.29 is 24.3 Å². The van der Waals surface area contributed by atoms with E-state index in [4.69, 9.17) is 16.6 Å². The first-order valence-electron chi connectivity index (χ1n) is 11.0. The summed E-state index contributed by atoms with van der Waals surface area (Å²) in [7, 11) is 0. The summed E-state index contributed by atoms with van der Waals surface area (Å²) >= 11 is 9.82. The number of benzene rings is 1. The van der Waals surface area contributed by atoms with Crippen molar-refractivity contribution >= 4 is 39.6 Å². The number of hydrogen-bond acceptors (Lipinski definition) is 4. The first kappa shape index (κ1) is 24.1. The van der Waals surface area contributed by atoms with Crippen LogP contribution in [0.4, 0.5) is 4.79 Å². The number of fused-ring (bicyclic) bond motifs is 2. The Bertz CT molecular complexity index is 1070. The fourth-order valence-corrected chi connectivity index (χ4v) is 6.07. The van der Waals surface area contributed by atoms with Crippen LogP contribution in [0.3, 0.4) is 0 Å². The van der Waals surface area contributed by atoms with E-state index in [2.05, 4.69) is 26.9 Å². The van der Waals surface area contributed by atoms with Crippen molar-refractivity contribution in [2.75, 3.05) is 19.6 Å². The molecule has 1 aliphatic heterocycles. The topological polar surface area (TPSA) is 90.7 Å². The average Bonchev–Trinajstić information content (AvgIpc) is 2.88. The summed E-state index contributed by atoms with van der Waals surface area (Å²) in [6, 6.07) is 6.48. The number of halogens is 2. The normalized spacial score (nSPS) is 25.6. The van der Waals surface area contributed by atoms with Gasteiger partial charge in [0.05, 0.1) is 18.3 Å². The number of carbonyl (C=O) groups is 2. The van der Waals surface area contributed by atoms with Gasteiger partial charge in [-0.05, 0) is 84.4 Å². The number of piperazine rings is 1. The molecule has 4 rings (SSSR count). The molecule has 3 atom stereocenters. The SMILES string of the molecule is CC(C)(C)[N+]1(C(=O)O)CCN([C@H]2c3ccc(Cl)cc3CCc3cc(Br)cnc32)C[C@@H]1C(=O)O. The summed E-state index contributed by atoms with van der Waals surface area (Å²) in [5.41, 5.74) is 3.34. The number of aromatic nitrogens is 1. The van der Waals surface area contributed by atoms with Crippen LogP contribution in [0.25, 0.3) is 0 Å². The quantitative estimate of drug-likeness (QED) is 0.538. The molecule has 33 heavy (non-hydrogen) atoms. The van der Waals surface area contributed by atoms with Crippen molar-refractivity contribution in [2.24, 2.45) is 0 Å². The van der Waals surface area contributed by atoms with Gasteiger partial charge < -0.3 is 10.2 Å². The third-order valence-corrected chi connectivity index (χ3v) is 7.83. The lowest BCUT2D eigenvalue weighted by Crippen LogP contribution is -2.76. The zero-order valence-electron chi connectivity index (χ0n) is 18.9. The van der Waals surface area contributed by atoms with Gasteiger partial charge in [-0.25, -0.2) is 9.28 Å². The Kier molecular flexibility index (Phi) is 6.33. The van der Waals surface area contributed by atoms with Gasteiger partial charge in [0.1, 0.15) is 12.1 Å². The lowest BCUT2D eigenvalue weighted by molar-refractivity contribution is -0.923. The lowest BCUT2D eigenvalue weighted by atomic mass is 9.91. The number of quaternary nitrogens is 1. The van der Waals surface area contributed by atoms with E-state index in [9.17, 15) is 19.8 Å². The highest BCUT2D eigenvalue weighted by Gasteiger charge is 2.59. The number of hydrogen-bond donors (Lipinski definition) is 2. The van der Waals surface area contributed by atoms with E-state index in [1.54, 1.807) is 27.0 Å². The molecular weight excluding hydrogens is 510 g/mol. The minimum absolute atomic E-state index is 0.100. The molecule has 1 amide bonds. The summed E-state index contributed by atoms with van der Waals surface area (Å²) in [5.74, 6) is -1.11. The molecule has 1 unspecified atom stereocenters. The number of aliphatic carboxylic acids is 1. The minimum Gasteiger partial charge on any atom is -0.477 e. The van der Waals surface area contributed by atoms with Crippen molar-refractivity contribution in [3.63, 3.8) is 0 Å².